The van der Waals surface area contributed by atoms with Gasteiger partial charge < -0.3 is 10.4 Å². The molecule has 1 aliphatic rings. The van der Waals surface area contributed by atoms with Crippen LogP contribution in [0.15, 0.2) is 24.5 Å². The topological polar surface area (TPSA) is 93.2 Å². The molecule has 1 atom stereocenters. The summed E-state index contributed by atoms with van der Waals surface area (Å²) in [7, 11) is 0. The van der Waals surface area contributed by atoms with Crippen LogP contribution in [0.1, 0.15) is 12.8 Å². The van der Waals surface area contributed by atoms with Gasteiger partial charge in [0.15, 0.2) is 0 Å². The van der Waals surface area contributed by atoms with Gasteiger partial charge in [0.25, 0.3) is 0 Å². The summed E-state index contributed by atoms with van der Waals surface area (Å²) in [5.74, 6) is 0. The minimum Gasteiger partial charge on any atom is -0.390 e. The van der Waals surface area contributed by atoms with Gasteiger partial charge >= 0.3 is 5.69 Å². The Morgan fingerprint density at radius 1 is 1.61 bits per heavy atom. The molecule has 1 aromatic heterocycles. The zero-order chi connectivity index (χ0) is 13.0. The number of hydrogen-bond donors (Lipinski definition) is 2. The van der Waals surface area contributed by atoms with Crippen molar-refractivity contribution in [1.82, 2.24) is 15.1 Å². The first-order valence-electron chi connectivity index (χ1n) is 5.88. The van der Waals surface area contributed by atoms with Crippen LogP contribution < -0.4 is 5.32 Å². The Balaban J connectivity index is 1.75. The summed E-state index contributed by atoms with van der Waals surface area (Å²) < 4.78 is 1.39. The van der Waals surface area contributed by atoms with Gasteiger partial charge in [-0.1, -0.05) is 12.2 Å². The van der Waals surface area contributed by atoms with Crippen molar-refractivity contribution >= 4 is 5.69 Å². The maximum absolute atomic E-state index is 10.5. The van der Waals surface area contributed by atoms with E-state index in [1.807, 2.05) is 0 Å². The molecule has 0 saturated heterocycles. The van der Waals surface area contributed by atoms with Gasteiger partial charge in [-0.25, -0.2) is 0 Å². The lowest BCUT2D eigenvalue weighted by atomic mass is 10.2. The van der Waals surface area contributed by atoms with Crippen LogP contribution in [0.5, 0.6) is 0 Å². The minimum atomic E-state index is -0.606. The van der Waals surface area contributed by atoms with Crippen molar-refractivity contribution in [3.05, 3.63) is 34.7 Å². The Labute approximate surface area is 104 Å². The van der Waals surface area contributed by atoms with E-state index in [-0.39, 0.29) is 12.2 Å². The first kappa shape index (κ1) is 12.7. The zero-order valence-corrected chi connectivity index (χ0v) is 9.90. The molecule has 0 radical (unpaired) electrons. The van der Waals surface area contributed by atoms with Gasteiger partial charge in [0, 0.05) is 12.6 Å². The first-order chi connectivity index (χ1) is 8.65. The highest BCUT2D eigenvalue weighted by Crippen LogP contribution is 2.10. The summed E-state index contributed by atoms with van der Waals surface area (Å²) in [6.07, 6.45) is 8.09. The van der Waals surface area contributed by atoms with Crippen molar-refractivity contribution in [1.29, 1.82) is 0 Å². The van der Waals surface area contributed by atoms with Crippen LogP contribution in [-0.2, 0) is 6.54 Å². The lowest BCUT2D eigenvalue weighted by Crippen LogP contribution is -2.36. The van der Waals surface area contributed by atoms with Gasteiger partial charge in [-0.2, -0.15) is 5.10 Å². The molecule has 1 aliphatic carbocycles. The molecule has 7 heteroatoms. The molecule has 1 heterocycles. The molecular weight excluding hydrogens is 236 g/mol. The molecule has 0 aromatic carbocycles. The van der Waals surface area contributed by atoms with E-state index in [0.29, 0.717) is 12.6 Å². The van der Waals surface area contributed by atoms with Crippen molar-refractivity contribution < 1.29 is 10.0 Å². The summed E-state index contributed by atoms with van der Waals surface area (Å²) in [5, 5.41) is 27.3. The molecule has 1 unspecified atom stereocenters. The number of nitrogens with one attached hydrogen (secondary N) is 1. The molecular formula is C11H16N4O3. The molecule has 0 spiro atoms. The Hall–Kier alpha value is -1.73. The number of rotatable bonds is 6. The van der Waals surface area contributed by atoms with Crippen molar-refractivity contribution in [3.8, 4) is 0 Å². The number of nitro groups is 1. The number of aromatic nitrogens is 2. The van der Waals surface area contributed by atoms with Gasteiger partial charge in [0.1, 0.15) is 12.4 Å². The van der Waals surface area contributed by atoms with Crippen molar-refractivity contribution in [2.75, 3.05) is 6.54 Å². The van der Waals surface area contributed by atoms with E-state index >= 15 is 0 Å². The number of aliphatic hydroxyl groups excluding tert-OH is 1. The summed E-state index contributed by atoms with van der Waals surface area (Å²) >= 11 is 0. The monoisotopic (exact) mass is 252 g/mol. The molecule has 0 bridgehead atoms. The second kappa shape index (κ2) is 5.74. The van der Waals surface area contributed by atoms with E-state index in [1.165, 1.54) is 17.1 Å². The first-order valence-corrected chi connectivity index (χ1v) is 5.88. The fourth-order valence-corrected chi connectivity index (χ4v) is 1.91. The van der Waals surface area contributed by atoms with Crippen molar-refractivity contribution in [2.24, 2.45) is 0 Å². The predicted octanol–water partition coefficient (Wildman–Crippen LogP) is 0.460. The maximum atomic E-state index is 10.5. The standard InChI is InChI=1S/C11H16N4O3/c16-11(6-12-9-3-1-2-4-9)8-14-7-10(5-13-14)15(17)18/h1-2,5,7,9,11-12,16H,3-4,6,8H2. The number of aliphatic hydroxyl groups is 1. The van der Waals surface area contributed by atoms with Crippen LogP contribution in [0.4, 0.5) is 5.69 Å². The van der Waals surface area contributed by atoms with E-state index in [2.05, 4.69) is 22.6 Å². The quantitative estimate of drug-likeness (QED) is 0.436. The van der Waals surface area contributed by atoms with Crippen LogP contribution in [-0.4, -0.2) is 38.5 Å². The minimum absolute atomic E-state index is 0.0600. The second-order valence-corrected chi connectivity index (χ2v) is 4.38. The van der Waals surface area contributed by atoms with Gasteiger partial charge in [-0.05, 0) is 12.8 Å². The molecule has 1 aromatic rings. The third-order valence-electron chi connectivity index (χ3n) is 2.88. The number of nitrogens with zero attached hydrogens (tertiary/aromatic N) is 3. The fraction of sp³-hybridized carbons (Fsp3) is 0.545. The Morgan fingerprint density at radius 3 is 2.94 bits per heavy atom. The highest BCUT2D eigenvalue weighted by molar-refractivity contribution is 5.20. The van der Waals surface area contributed by atoms with Crippen LogP contribution in [0.2, 0.25) is 0 Å². The molecule has 0 saturated carbocycles. The van der Waals surface area contributed by atoms with E-state index in [1.54, 1.807) is 0 Å². The summed E-state index contributed by atoms with van der Waals surface area (Å²) in [6.45, 7) is 0.709. The maximum Gasteiger partial charge on any atom is 0.306 e. The Bertz CT molecular complexity index is 435. The molecule has 98 valence electrons. The Kier molecular flexibility index (Phi) is 4.06. The summed E-state index contributed by atoms with van der Waals surface area (Å²) in [4.78, 5) is 9.97. The smallest absolute Gasteiger partial charge is 0.306 e. The summed E-state index contributed by atoms with van der Waals surface area (Å²) in [6, 6.07) is 0.395. The van der Waals surface area contributed by atoms with Crippen LogP contribution >= 0.6 is 0 Å². The SMILES string of the molecule is O=[N+]([O-])c1cnn(CC(O)CNC2CC=CC2)c1. The molecule has 2 N–H and O–H groups in total. The third-order valence-corrected chi connectivity index (χ3v) is 2.88. The van der Waals surface area contributed by atoms with E-state index in [0.717, 1.165) is 12.8 Å². The largest absolute Gasteiger partial charge is 0.390 e. The Morgan fingerprint density at radius 2 is 2.33 bits per heavy atom. The highest BCUT2D eigenvalue weighted by atomic mass is 16.6. The molecule has 2 rings (SSSR count). The van der Waals surface area contributed by atoms with Crippen LogP contribution in [0.3, 0.4) is 0 Å². The zero-order valence-electron chi connectivity index (χ0n) is 9.90. The third kappa shape index (κ3) is 3.38. The fourth-order valence-electron chi connectivity index (χ4n) is 1.91. The van der Waals surface area contributed by atoms with Crippen molar-refractivity contribution in [3.63, 3.8) is 0 Å². The van der Waals surface area contributed by atoms with E-state index in [4.69, 9.17) is 0 Å². The molecule has 0 fully saturated rings. The van der Waals surface area contributed by atoms with Crippen molar-refractivity contribution in [2.45, 2.75) is 31.5 Å². The number of hydrogen-bond acceptors (Lipinski definition) is 5. The normalized spacial score (nSPS) is 17.2. The molecule has 7 nitrogen and oxygen atoms in total. The van der Waals surface area contributed by atoms with Crippen LogP contribution in [0.25, 0.3) is 0 Å². The highest BCUT2D eigenvalue weighted by Gasteiger charge is 2.14. The second-order valence-electron chi connectivity index (χ2n) is 4.38. The molecule has 0 aliphatic heterocycles. The lowest BCUT2D eigenvalue weighted by Gasteiger charge is -2.15. The average molecular weight is 252 g/mol. The lowest BCUT2D eigenvalue weighted by molar-refractivity contribution is -0.385. The van der Waals surface area contributed by atoms with Gasteiger partial charge in [0.2, 0.25) is 0 Å². The van der Waals surface area contributed by atoms with Gasteiger partial charge in [-0.3, -0.25) is 14.8 Å². The van der Waals surface area contributed by atoms with Gasteiger partial charge in [0.05, 0.1) is 17.6 Å². The van der Waals surface area contributed by atoms with E-state index < -0.39 is 11.0 Å². The van der Waals surface area contributed by atoms with Gasteiger partial charge in [-0.15, -0.1) is 0 Å². The average Bonchev–Trinajstić information content (AvgIpc) is 2.96. The molecule has 18 heavy (non-hydrogen) atoms. The van der Waals surface area contributed by atoms with Crippen LogP contribution in [0, 0.1) is 10.1 Å². The van der Waals surface area contributed by atoms with E-state index in [9.17, 15) is 15.2 Å². The summed E-state index contributed by atoms with van der Waals surface area (Å²) in [5.41, 5.74) is -0.0600. The molecule has 0 amide bonds. The predicted molar refractivity (Wildman–Crippen MR) is 65.1 cm³/mol.